The van der Waals surface area contributed by atoms with Crippen LogP contribution >= 0.6 is 0 Å². The molecule has 2 heterocycles. The first-order valence-electron chi connectivity index (χ1n) is 5.82. The van der Waals surface area contributed by atoms with Gasteiger partial charge in [0.1, 0.15) is 5.58 Å². The van der Waals surface area contributed by atoms with E-state index < -0.39 is 0 Å². The molecule has 0 radical (unpaired) electrons. The maximum absolute atomic E-state index is 11.4. The minimum atomic E-state index is 0.128. The monoisotopic (exact) mass is 235 g/mol. The number of allylic oxidation sites excluding steroid dienone is 1. The second-order valence-electron chi connectivity index (χ2n) is 4.47. The predicted molar refractivity (Wildman–Crippen MR) is 69.3 cm³/mol. The lowest BCUT2D eigenvalue weighted by molar-refractivity contribution is -0.114. The number of rotatable bonds is 0. The molecule has 3 aromatic rings. The van der Waals surface area contributed by atoms with Gasteiger partial charge in [-0.25, -0.2) is 4.98 Å². The Morgan fingerprint density at radius 3 is 3.00 bits per heavy atom. The van der Waals surface area contributed by atoms with E-state index in [1.165, 1.54) is 0 Å². The number of aromatic nitrogens is 1. The first-order chi connectivity index (χ1) is 8.81. The van der Waals surface area contributed by atoms with Crippen molar-refractivity contribution in [2.45, 2.75) is 6.42 Å². The van der Waals surface area contributed by atoms with Crippen LogP contribution in [0.15, 0.2) is 41.0 Å². The number of carbonyl (C=O) groups is 1. The summed E-state index contributed by atoms with van der Waals surface area (Å²) >= 11 is 0. The Kier molecular flexibility index (Phi) is 1.75. The zero-order valence-corrected chi connectivity index (χ0v) is 9.51. The highest BCUT2D eigenvalue weighted by Gasteiger charge is 2.14. The molecule has 86 valence electrons. The van der Waals surface area contributed by atoms with Crippen molar-refractivity contribution in [3.05, 3.63) is 47.9 Å². The third kappa shape index (κ3) is 1.24. The Hall–Kier alpha value is -2.42. The van der Waals surface area contributed by atoms with E-state index in [2.05, 4.69) is 11.1 Å². The van der Waals surface area contributed by atoms with Crippen LogP contribution in [0.3, 0.4) is 0 Å². The zero-order chi connectivity index (χ0) is 12.1. The van der Waals surface area contributed by atoms with Crippen LogP contribution in [-0.2, 0) is 11.2 Å². The van der Waals surface area contributed by atoms with Crippen LogP contribution < -0.4 is 0 Å². The summed E-state index contributed by atoms with van der Waals surface area (Å²) in [5.74, 6) is 0.128. The first-order valence-corrected chi connectivity index (χ1v) is 5.82. The van der Waals surface area contributed by atoms with Gasteiger partial charge in [0.25, 0.3) is 0 Å². The fourth-order valence-corrected chi connectivity index (χ4v) is 2.46. The Morgan fingerprint density at radius 1 is 1.11 bits per heavy atom. The molecule has 4 rings (SSSR count). The first kappa shape index (κ1) is 9.59. The van der Waals surface area contributed by atoms with Crippen molar-refractivity contribution in [2.75, 3.05) is 0 Å². The summed E-state index contributed by atoms with van der Waals surface area (Å²) in [4.78, 5) is 16.0. The van der Waals surface area contributed by atoms with Gasteiger partial charge in [0.15, 0.2) is 5.78 Å². The largest absolute Gasteiger partial charge is 0.464 e. The molecule has 0 saturated heterocycles. The van der Waals surface area contributed by atoms with Crippen LogP contribution in [0.1, 0.15) is 11.3 Å². The van der Waals surface area contributed by atoms with Crippen molar-refractivity contribution in [1.82, 2.24) is 4.98 Å². The minimum absolute atomic E-state index is 0.128. The summed E-state index contributed by atoms with van der Waals surface area (Å²) in [6, 6.07) is 7.86. The quantitative estimate of drug-likeness (QED) is 0.601. The SMILES string of the molecule is O=C1C=Cc2nc3ccc4occc4c3cc2C1. The molecule has 0 atom stereocenters. The summed E-state index contributed by atoms with van der Waals surface area (Å²) < 4.78 is 5.38. The van der Waals surface area contributed by atoms with E-state index in [1.54, 1.807) is 18.4 Å². The van der Waals surface area contributed by atoms with E-state index in [0.717, 1.165) is 33.1 Å². The normalized spacial score (nSPS) is 14.3. The second-order valence-corrected chi connectivity index (χ2v) is 4.47. The summed E-state index contributed by atoms with van der Waals surface area (Å²) in [6.07, 6.45) is 5.50. The summed E-state index contributed by atoms with van der Waals surface area (Å²) in [5.41, 5.74) is 3.66. The van der Waals surface area contributed by atoms with Gasteiger partial charge in [0.2, 0.25) is 0 Å². The van der Waals surface area contributed by atoms with Gasteiger partial charge in [-0.05, 0) is 42.0 Å². The average Bonchev–Trinajstić information content (AvgIpc) is 2.85. The molecule has 18 heavy (non-hydrogen) atoms. The van der Waals surface area contributed by atoms with Crippen LogP contribution in [0.2, 0.25) is 0 Å². The van der Waals surface area contributed by atoms with Gasteiger partial charge in [-0.2, -0.15) is 0 Å². The highest BCUT2D eigenvalue weighted by atomic mass is 16.3. The van der Waals surface area contributed by atoms with Crippen molar-refractivity contribution in [2.24, 2.45) is 0 Å². The van der Waals surface area contributed by atoms with Gasteiger partial charge in [-0.3, -0.25) is 4.79 Å². The number of hydrogen-bond donors (Lipinski definition) is 0. The second kappa shape index (κ2) is 3.29. The van der Waals surface area contributed by atoms with E-state index in [1.807, 2.05) is 18.2 Å². The van der Waals surface area contributed by atoms with Gasteiger partial charge in [-0.15, -0.1) is 0 Å². The van der Waals surface area contributed by atoms with Crippen LogP contribution in [0.4, 0.5) is 0 Å². The van der Waals surface area contributed by atoms with Crippen molar-refractivity contribution in [3.8, 4) is 0 Å². The van der Waals surface area contributed by atoms with Crippen molar-refractivity contribution in [3.63, 3.8) is 0 Å². The summed E-state index contributed by atoms with van der Waals surface area (Å²) in [6.45, 7) is 0. The molecule has 1 aliphatic carbocycles. The van der Waals surface area contributed by atoms with Crippen molar-refractivity contribution in [1.29, 1.82) is 0 Å². The lowest BCUT2D eigenvalue weighted by atomic mass is 9.98. The molecule has 0 unspecified atom stereocenters. The molecule has 0 aliphatic heterocycles. The third-order valence-electron chi connectivity index (χ3n) is 3.33. The van der Waals surface area contributed by atoms with E-state index in [9.17, 15) is 4.79 Å². The van der Waals surface area contributed by atoms with Gasteiger partial charge in [0, 0.05) is 17.2 Å². The number of fused-ring (bicyclic) bond motifs is 4. The maximum atomic E-state index is 11.4. The van der Waals surface area contributed by atoms with E-state index in [-0.39, 0.29) is 5.78 Å². The molecule has 1 aromatic carbocycles. The van der Waals surface area contributed by atoms with E-state index >= 15 is 0 Å². The van der Waals surface area contributed by atoms with Gasteiger partial charge in [-0.1, -0.05) is 0 Å². The fourth-order valence-electron chi connectivity index (χ4n) is 2.46. The molecule has 1 aliphatic rings. The van der Waals surface area contributed by atoms with Crippen LogP contribution in [0.5, 0.6) is 0 Å². The third-order valence-corrected chi connectivity index (χ3v) is 3.33. The van der Waals surface area contributed by atoms with Crippen LogP contribution in [0, 0.1) is 0 Å². The smallest absolute Gasteiger partial charge is 0.160 e. The Labute approximate surface area is 103 Å². The lowest BCUT2D eigenvalue weighted by Crippen LogP contribution is -2.06. The molecular weight excluding hydrogens is 226 g/mol. The zero-order valence-electron chi connectivity index (χ0n) is 9.51. The average molecular weight is 235 g/mol. The molecule has 3 heteroatoms. The highest BCUT2D eigenvalue weighted by Crippen LogP contribution is 2.28. The predicted octanol–water partition coefficient (Wildman–Crippen LogP) is 3.12. The topological polar surface area (TPSA) is 43.1 Å². The van der Waals surface area contributed by atoms with Crippen LogP contribution in [0.25, 0.3) is 27.9 Å². The van der Waals surface area contributed by atoms with Crippen LogP contribution in [-0.4, -0.2) is 10.8 Å². The Balaban J connectivity index is 2.13. The van der Waals surface area contributed by atoms with E-state index in [0.29, 0.717) is 6.42 Å². The molecule has 3 nitrogen and oxygen atoms in total. The Morgan fingerprint density at radius 2 is 2.06 bits per heavy atom. The molecule has 0 amide bonds. The molecule has 2 aromatic heterocycles. The standard InChI is InChI=1S/C15H9NO2/c17-10-1-2-13-9(7-10)8-12-11-5-6-18-15(11)4-3-14(12)16-13/h1-6,8H,7H2. The van der Waals surface area contributed by atoms with Crippen molar-refractivity contribution < 1.29 is 9.21 Å². The minimum Gasteiger partial charge on any atom is -0.464 e. The molecule has 0 N–H and O–H groups in total. The molecule has 0 fully saturated rings. The van der Waals surface area contributed by atoms with Gasteiger partial charge < -0.3 is 4.42 Å². The van der Waals surface area contributed by atoms with Gasteiger partial charge in [0.05, 0.1) is 17.5 Å². The highest BCUT2D eigenvalue weighted by molar-refractivity contribution is 6.06. The molecule has 0 bridgehead atoms. The molecule has 0 saturated carbocycles. The number of carbonyl (C=O) groups excluding carboxylic acids is 1. The number of benzene rings is 1. The fraction of sp³-hybridized carbons (Fsp3) is 0.0667. The number of hydrogen-bond acceptors (Lipinski definition) is 3. The number of furan rings is 1. The number of nitrogens with zero attached hydrogens (tertiary/aromatic N) is 1. The van der Waals surface area contributed by atoms with Crippen molar-refractivity contribution >= 4 is 33.7 Å². The number of pyridine rings is 1. The summed E-state index contributed by atoms with van der Waals surface area (Å²) in [5, 5.41) is 2.09. The summed E-state index contributed by atoms with van der Waals surface area (Å²) in [7, 11) is 0. The van der Waals surface area contributed by atoms with Gasteiger partial charge >= 0.3 is 0 Å². The lowest BCUT2D eigenvalue weighted by Gasteiger charge is -2.10. The van der Waals surface area contributed by atoms with E-state index in [4.69, 9.17) is 4.42 Å². The number of ketones is 1. The molecule has 0 spiro atoms. The maximum Gasteiger partial charge on any atom is 0.160 e. The Bertz CT molecular complexity index is 827. The molecular formula is C15H9NO2.